The van der Waals surface area contributed by atoms with Crippen LogP contribution in [0.2, 0.25) is 0 Å². The molecular formula is C22H38O4. The molecule has 0 aromatic heterocycles. The first-order valence-corrected chi connectivity index (χ1v) is 11.0. The van der Waals surface area contributed by atoms with E-state index < -0.39 is 22.8 Å². The van der Waals surface area contributed by atoms with Crippen LogP contribution in [0.4, 0.5) is 0 Å². The fourth-order valence-electron chi connectivity index (χ4n) is 5.62. The third-order valence-electron chi connectivity index (χ3n) is 7.37. The quantitative estimate of drug-likeness (QED) is 0.463. The minimum atomic E-state index is -1.04. The van der Waals surface area contributed by atoms with Crippen molar-refractivity contribution >= 4 is 11.9 Å². The van der Waals surface area contributed by atoms with Gasteiger partial charge in [0, 0.05) is 0 Å². The Morgan fingerprint density at radius 2 is 1.27 bits per heavy atom. The van der Waals surface area contributed by atoms with Gasteiger partial charge in [-0.05, 0) is 44.4 Å². The normalized spacial score (nSPS) is 28.6. The van der Waals surface area contributed by atoms with Crippen molar-refractivity contribution < 1.29 is 19.8 Å². The molecule has 0 heterocycles. The Morgan fingerprint density at radius 1 is 0.769 bits per heavy atom. The Morgan fingerprint density at radius 3 is 1.81 bits per heavy atom. The molecular weight excluding hydrogens is 328 g/mol. The first-order chi connectivity index (χ1) is 12.5. The summed E-state index contributed by atoms with van der Waals surface area (Å²) in [5.74, 6) is -1.14. The molecule has 2 aliphatic rings. The Labute approximate surface area is 158 Å². The van der Waals surface area contributed by atoms with Crippen LogP contribution >= 0.6 is 0 Å². The van der Waals surface area contributed by atoms with Gasteiger partial charge < -0.3 is 10.2 Å². The average Bonchev–Trinajstić information content (AvgIpc) is 2.65. The summed E-state index contributed by atoms with van der Waals surface area (Å²) in [7, 11) is 0. The predicted octanol–water partition coefficient (Wildman–Crippen LogP) is 6.03. The first kappa shape index (κ1) is 21.2. The minimum Gasteiger partial charge on any atom is -0.481 e. The zero-order chi connectivity index (χ0) is 19.0. The Hall–Kier alpha value is -1.06. The topological polar surface area (TPSA) is 74.6 Å². The van der Waals surface area contributed by atoms with Gasteiger partial charge in [-0.1, -0.05) is 71.1 Å². The van der Waals surface area contributed by atoms with Crippen LogP contribution in [-0.2, 0) is 9.59 Å². The van der Waals surface area contributed by atoms with Crippen LogP contribution < -0.4 is 0 Å². The van der Waals surface area contributed by atoms with E-state index in [1.165, 1.54) is 44.9 Å². The second-order valence-corrected chi connectivity index (χ2v) is 8.83. The van der Waals surface area contributed by atoms with E-state index >= 15 is 0 Å². The van der Waals surface area contributed by atoms with E-state index in [4.69, 9.17) is 0 Å². The monoisotopic (exact) mass is 366 g/mol. The number of hydrogen-bond donors (Lipinski definition) is 2. The molecule has 0 aromatic rings. The number of rotatable bonds is 10. The number of unbranched alkanes of at least 4 members (excludes halogenated alkanes) is 5. The SMILES string of the molecule is CCCCCCCCC1CCC(C(=O)O)(C2(C(=O)O)CCCCC2)CC1. The second-order valence-electron chi connectivity index (χ2n) is 8.83. The van der Waals surface area contributed by atoms with Crippen LogP contribution in [0, 0.1) is 16.7 Å². The highest BCUT2D eigenvalue weighted by Crippen LogP contribution is 2.58. The molecule has 2 rings (SSSR count). The lowest BCUT2D eigenvalue weighted by atomic mass is 9.51. The van der Waals surface area contributed by atoms with Crippen molar-refractivity contribution in [1.82, 2.24) is 0 Å². The maximum atomic E-state index is 12.3. The Kier molecular flexibility index (Phi) is 7.97. The number of carbonyl (C=O) groups is 2. The van der Waals surface area contributed by atoms with Crippen LogP contribution in [0.1, 0.15) is 110 Å². The van der Waals surface area contributed by atoms with Crippen LogP contribution in [-0.4, -0.2) is 22.2 Å². The molecule has 0 amide bonds. The maximum absolute atomic E-state index is 12.3. The second kappa shape index (κ2) is 9.75. The fraction of sp³-hybridized carbons (Fsp3) is 0.909. The lowest BCUT2D eigenvalue weighted by molar-refractivity contribution is -0.183. The number of carboxylic acid groups (broad SMARTS) is 2. The molecule has 0 radical (unpaired) electrons. The fourth-order valence-corrected chi connectivity index (χ4v) is 5.62. The zero-order valence-electron chi connectivity index (χ0n) is 16.6. The molecule has 0 aromatic carbocycles. The first-order valence-electron chi connectivity index (χ1n) is 11.0. The highest BCUT2D eigenvalue weighted by molar-refractivity contribution is 5.87. The van der Waals surface area contributed by atoms with Crippen LogP contribution in [0.5, 0.6) is 0 Å². The number of carboxylic acids is 2. The van der Waals surface area contributed by atoms with Crippen molar-refractivity contribution in [2.75, 3.05) is 0 Å². The lowest BCUT2D eigenvalue weighted by Crippen LogP contribution is -2.55. The van der Waals surface area contributed by atoms with Gasteiger partial charge in [0.15, 0.2) is 0 Å². The molecule has 0 saturated heterocycles. The molecule has 26 heavy (non-hydrogen) atoms. The van der Waals surface area contributed by atoms with Crippen molar-refractivity contribution in [2.24, 2.45) is 16.7 Å². The molecule has 0 unspecified atom stereocenters. The third kappa shape index (κ3) is 4.43. The van der Waals surface area contributed by atoms with Gasteiger partial charge >= 0.3 is 11.9 Å². The van der Waals surface area contributed by atoms with Crippen LogP contribution in [0.15, 0.2) is 0 Å². The highest BCUT2D eigenvalue weighted by atomic mass is 16.4. The predicted molar refractivity (Wildman–Crippen MR) is 103 cm³/mol. The van der Waals surface area contributed by atoms with E-state index in [0.29, 0.717) is 31.6 Å². The Balaban J connectivity index is 1.94. The summed E-state index contributed by atoms with van der Waals surface area (Å²) in [5, 5.41) is 20.1. The van der Waals surface area contributed by atoms with Gasteiger partial charge in [-0.15, -0.1) is 0 Å². The molecule has 4 heteroatoms. The molecule has 0 atom stereocenters. The van der Waals surface area contributed by atoms with E-state index in [0.717, 1.165) is 32.1 Å². The third-order valence-corrected chi connectivity index (χ3v) is 7.37. The van der Waals surface area contributed by atoms with E-state index in [2.05, 4.69) is 6.92 Å². The summed E-state index contributed by atoms with van der Waals surface area (Å²) >= 11 is 0. The summed E-state index contributed by atoms with van der Waals surface area (Å²) in [6, 6.07) is 0. The standard InChI is InChI=1S/C22H38O4/c1-2-3-4-5-6-8-11-18-12-16-22(17-13-18,20(25)26)21(19(23)24)14-9-7-10-15-21/h18H,2-17H2,1H3,(H,23,24)(H,25,26). The van der Waals surface area contributed by atoms with Crippen molar-refractivity contribution in [2.45, 2.75) is 110 Å². The van der Waals surface area contributed by atoms with Gasteiger partial charge in [0.1, 0.15) is 0 Å². The van der Waals surface area contributed by atoms with Crippen LogP contribution in [0.25, 0.3) is 0 Å². The van der Waals surface area contributed by atoms with Gasteiger partial charge in [-0.25, -0.2) is 0 Å². The van der Waals surface area contributed by atoms with Gasteiger partial charge in [0.25, 0.3) is 0 Å². The van der Waals surface area contributed by atoms with Crippen molar-refractivity contribution in [3.05, 3.63) is 0 Å². The molecule has 0 bridgehead atoms. The summed E-state index contributed by atoms with van der Waals surface area (Å²) in [5.41, 5.74) is -2.08. The minimum absolute atomic E-state index is 0.538. The highest BCUT2D eigenvalue weighted by Gasteiger charge is 2.61. The van der Waals surface area contributed by atoms with Gasteiger partial charge in [0.2, 0.25) is 0 Å². The summed E-state index contributed by atoms with van der Waals surface area (Å²) in [6.07, 6.45) is 15.6. The maximum Gasteiger partial charge on any atom is 0.310 e. The van der Waals surface area contributed by atoms with Gasteiger partial charge in [-0.3, -0.25) is 9.59 Å². The average molecular weight is 367 g/mol. The molecule has 2 saturated carbocycles. The van der Waals surface area contributed by atoms with Gasteiger partial charge in [-0.2, -0.15) is 0 Å². The van der Waals surface area contributed by atoms with E-state index in [-0.39, 0.29) is 0 Å². The largest absolute Gasteiger partial charge is 0.481 e. The smallest absolute Gasteiger partial charge is 0.310 e. The zero-order valence-corrected chi connectivity index (χ0v) is 16.6. The van der Waals surface area contributed by atoms with Crippen molar-refractivity contribution in [1.29, 1.82) is 0 Å². The molecule has 150 valence electrons. The van der Waals surface area contributed by atoms with E-state index in [9.17, 15) is 19.8 Å². The molecule has 0 spiro atoms. The summed E-state index contributed by atoms with van der Waals surface area (Å²) in [4.78, 5) is 24.5. The summed E-state index contributed by atoms with van der Waals surface area (Å²) in [6.45, 7) is 2.23. The van der Waals surface area contributed by atoms with Crippen LogP contribution in [0.3, 0.4) is 0 Å². The molecule has 4 nitrogen and oxygen atoms in total. The Bertz CT molecular complexity index is 457. The summed E-state index contributed by atoms with van der Waals surface area (Å²) < 4.78 is 0. The van der Waals surface area contributed by atoms with E-state index in [1.54, 1.807) is 0 Å². The van der Waals surface area contributed by atoms with Gasteiger partial charge in [0.05, 0.1) is 10.8 Å². The number of hydrogen-bond acceptors (Lipinski definition) is 2. The number of aliphatic carboxylic acids is 2. The molecule has 2 N–H and O–H groups in total. The van der Waals surface area contributed by atoms with Crippen molar-refractivity contribution in [3.8, 4) is 0 Å². The molecule has 2 fully saturated rings. The molecule has 0 aliphatic heterocycles. The molecule has 2 aliphatic carbocycles. The van der Waals surface area contributed by atoms with E-state index in [1.807, 2.05) is 0 Å². The van der Waals surface area contributed by atoms with Crippen molar-refractivity contribution in [3.63, 3.8) is 0 Å². The lowest BCUT2D eigenvalue weighted by Gasteiger charge is -2.50.